The van der Waals surface area contributed by atoms with Gasteiger partial charge in [0.1, 0.15) is 11.9 Å². The molecule has 7 nitrogen and oxygen atoms in total. The maximum absolute atomic E-state index is 11.8. The van der Waals surface area contributed by atoms with Crippen LogP contribution in [0, 0.1) is 10.1 Å². The van der Waals surface area contributed by atoms with Gasteiger partial charge in [-0.05, 0) is 29.8 Å². The highest BCUT2D eigenvalue weighted by Crippen LogP contribution is 2.30. The Balaban J connectivity index is 2.67. The molecule has 1 N–H and O–H groups in total. The van der Waals surface area contributed by atoms with E-state index in [2.05, 4.69) is 26.2 Å². The molecule has 0 radical (unpaired) electrons. The van der Waals surface area contributed by atoms with E-state index in [1.807, 2.05) is 13.8 Å². The highest BCUT2D eigenvalue weighted by molar-refractivity contribution is 9.10. The van der Waals surface area contributed by atoms with Crippen LogP contribution in [-0.4, -0.2) is 40.3 Å². The number of carbonyl (C=O) groups excluding carboxylic acids is 1. The van der Waals surface area contributed by atoms with Crippen LogP contribution in [0.15, 0.2) is 16.9 Å². The number of carbonyl (C=O) groups is 1. The molecule has 0 unspecified atom stereocenters. The van der Waals surface area contributed by atoms with Crippen LogP contribution in [0.5, 0.6) is 0 Å². The van der Waals surface area contributed by atoms with Gasteiger partial charge in [-0.1, -0.05) is 0 Å². The normalized spacial score (nSPS) is 10.2. The van der Waals surface area contributed by atoms with E-state index in [0.717, 1.165) is 0 Å². The van der Waals surface area contributed by atoms with Crippen molar-refractivity contribution in [3.05, 3.63) is 27.0 Å². The van der Waals surface area contributed by atoms with Gasteiger partial charge in [0.15, 0.2) is 0 Å². The number of nitrogens with zero attached hydrogens (tertiary/aromatic N) is 3. The second-order valence-electron chi connectivity index (χ2n) is 4.02. The van der Waals surface area contributed by atoms with Gasteiger partial charge in [-0.3, -0.25) is 19.9 Å². The van der Waals surface area contributed by atoms with Gasteiger partial charge < -0.3 is 10.2 Å². The maximum atomic E-state index is 11.8. The first-order chi connectivity index (χ1) is 9.51. The summed E-state index contributed by atoms with van der Waals surface area (Å²) >= 11 is 3.21. The molecule has 0 saturated heterocycles. The number of rotatable bonds is 7. The summed E-state index contributed by atoms with van der Waals surface area (Å²) in [7, 11) is 0. The van der Waals surface area contributed by atoms with Gasteiger partial charge in [-0.15, -0.1) is 0 Å². The Morgan fingerprint density at radius 3 is 2.65 bits per heavy atom. The molecule has 0 bridgehead atoms. The molecule has 1 heterocycles. The summed E-state index contributed by atoms with van der Waals surface area (Å²) in [6.07, 6.45) is 2.94. The zero-order valence-electron chi connectivity index (χ0n) is 11.4. The first kappa shape index (κ1) is 16.4. The minimum Gasteiger partial charge on any atom is -0.378 e. The van der Waals surface area contributed by atoms with Gasteiger partial charge in [-0.25, -0.2) is 0 Å². The van der Waals surface area contributed by atoms with Gasteiger partial charge >= 0.3 is 5.69 Å². The lowest BCUT2D eigenvalue weighted by molar-refractivity contribution is -0.384. The van der Waals surface area contributed by atoms with E-state index in [0.29, 0.717) is 29.8 Å². The zero-order chi connectivity index (χ0) is 15.1. The number of amides is 1. The molecule has 0 saturated carbocycles. The second-order valence-corrected chi connectivity index (χ2v) is 4.87. The van der Waals surface area contributed by atoms with E-state index in [1.54, 1.807) is 4.90 Å². The molecule has 1 aromatic heterocycles. The number of nitrogens with one attached hydrogen (secondary N) is 1. The predicted molar refractivity (Wildman–Crippen MR) is 79.6 cm³/mol. The van der Waals surface area contributed by atoms with Crippen molar-refractivity contribution < 1.29 is 9.72 Å². The van der Waals surface area contributed by atoms with Crippen LogP contribution in [0.1, 0.15) is 20.3 Å². The molecule has 0 fully saturated rings. The van der Waals surface area contributed by atoms with Crippen molar-refractivity contribution >= 4 is 33.2 Å². The van der Waals surface area contributed by atoms with Gasteiger partial charge in [0.2, 0.25) is 5.91 Å². The molecular weight excluding hydrogens is 328 g/mol. The van der Waals surface area contributed by atoms with Crippen molar-refractivity contribution in [3.63, 3.8) is 0 Å². The van der Waals surface area contributed by atoms with E-state index in [-0.39, 0.29) is 18.0 Å². The van der Waals surface area contributed by atoms with Crippen LogP contribution < -0.4 is 5.32 Å². The average Bonchev–Trinajstić information content (AvgIpc) is 2.41. The predicted octanol–water partition coefficient (Wildman–Crippen LogP) is 2.42. The zero-order valence-corrected chi connectivity index (χ0v) is 13.0. The largest absolute Gasteiger partial charge is 0.378 e. The second kappa shape index (κ2) is 7.78. The maximum Gasteiger partial charge on any atom is 0.311 e. The van der Waals surface area contributed by atoms with Crippen molar-refractivity contribution in [2.45, 2.75) is 20.3 Å². The Labute approximate surface area is 125 Å². The smallest absolute Gasteiger partial charge is 0.311 e. The third-order valence-electron chi connectivity index (χ3n) is 2.83. The number of hydrogen-bond acceptors (Lipinski definition) is 5. The summed E-state index contributed by atoms with van der Waals surface area (Å²) in [6.45, 7) is 5.49. The van der Waals surface area contributed by atoms with Crippen LogP contribution in [0.3, 0.4) is 0 Å². The number of hydrogen-bond donors (Lipinski definition) is 1. The third-order valence-corrected chi connectivity index (χ3v) is 3.43. The topological polar surface area (TPSA) is 88.4 Å². The van der Waals surface area contributed by atoms with Crippen LogP contribution >= 0.6 is 15.9 Å². The lowest BCUT2D eigenvalue weighted by Crippen LogP contribution is -2.31. The number of halogens is 1. The lowest BCUT2D eigenvalue weighted by atomic mass is 10.3. The quantitative estimate of drug-likeness (QED) is 0.606. The monoisotopic (exact) mass is 344 g/mol. The summed E-state index contributed by atoms with van der Waals surface area (Å²) in [5, 5.41) is 13.8. The van der Waals surface area contributed by atoms with Gasteiger partial charge in [0.25, 0.3) is 0 Å². The van der Waals surface area contributed by atoms with Crippen LogP contribution in [0.2, 0.25) is 0 Å². The molecule has 20 heavy (non-hydrogen) atoms. The Morgan fingerprint density at radius 2 is 2.10 bits per heavy atom. The van der Waals surface area contributed by atoms with Crippen LogP contribution in [0.4, 0.5) is 11.4 Å². The summed E-state index contributed by atoms with van der Waals surface area (Å²) in [6, 6.07) is 0. The molecule has 8 heteroatoms. The van der Waals surface area contributed by atoms with Gasteiger partial charge in [0.05, 0.1) is 9.40 Å². The fourth-order valence-electron chi connectivity index (χ4n) is 1.77. The van der Waals surface area contributed by atoms with E-state index < -0.39 is 4.92 Å². The fourth-order valence-corrected chi connectivity index (χ4v) is 2.23. The fraction of sp³-hybridized carbons (Fsp3) is 0.500. The van der Waals surface area contributed by atoms with Crippen molar-refractivity contribution in [3.8, 4) is 0 Å². The Kier molecular flexibility index (Phi) is 6.37. The minimum atomic E-state index is -0.508. The van der Waals surface area contributed by atoms with Crippen molar-refractivity contribution in [2.24, 2.45) is 0 Å². The Morgan fingerprint density at radius 1 is 1.45 bits per heavy atom. The number of nitro groups is 1. The SMILES string of the molecule is CCN(CC)C(=O)CCNc1c(Br)cncc1[N+](=O)[O-]. The van der Waals surface area contributed by atoms with Crippen molar-refractivity contribution in [2.75, 3.05) is 25.0 Å². The Bertz CT molecular complexity index is 492. The van der Waals surface area contributed by atoms with Gasteiger partial charge in [-0.2, -0.15) is 0 Å². The van der Waals surface area contributed by atoms with Crippen LogP contribution in [-0.2, 0) is 4.79 Å². The molecule has 0 aliphatic rings. The molecule has 1 aromatic rings. The van der Waals surface area contributed by atoms with E-state index in [1.165, 1.54) is 12.4 Å². The standard InChI is InChI=1S/C12H17BrN4O3/c1-3-16(4-2)11(18)5-6-15-12-9(13)7-14-8-10(12)17(19)20/h7-8H,3-6H2,1-2H3,(H,14,15). The van der Waals surface area contributed by atoms with E-state index in [4.69, 9.17) is 0 Å². The first-order valence-corrected chi connectivity index (χ1v) is 7.10. The number of pyridine rings is 1. The van der Waals surface area contributed by atoms with Crippen molar-refractivity contribution in [1.82, 2.24) is 9.88 Å². The minimum absolute atomic E-state index is 0.0235. The first-order valence-electron chi connectivity index (χ1n) is 6.30. The third kappa shape index (κ3) is 4.16. The average molecular weight is 345 g/mol. The van der Waals surface area contributed by atoms with Gasteiger partial charge in [0, 0.05) is 32.3 Å². The van der Waals surface area contributed by atoms with Crippen LogP contribution in [0.25, 0.3) is 0 Å². The highest BCUT2D eigenvalue weighted by atomic mass is 79.9. The molecule has 1 rings (SSSR count). The molecule has 0 aliphatic heterocycles. The summed E-state index contributed by atoms with van der Waals surface area (Å²) in [5.74, 6) is 0.0235. The molecule has 0 aromatic carbocycles. The number of aromatic nitrogens is 1. The lowest BCUT2D eigenvalue weighted by Gasteiger charge is -2.18. The molecule has 0 spiro atoms. The molecule has 0 atom stereocenters. The summed E-state index contributed by atoms with van der Waals surface area (Å²) in [4.78, 5) is 27.7. The molecule has 0 aliphatic carbocycles. The van der Waals surface area contributed by atoms with E-state index >= 15 is 0 Å². The highest BCUT2D eigenvalue weighted by Gasteiger charge is 2.17. The summed E-state index contributed by atoms with van der Waals surface area (Å²) in [5.41, 5.74) is 0.229. The number of anilines is 1. The molecule has 110 valence electrons. The molecular formula is C12H17BrN4O3. The summed E-state index contributed by atoms with van der Waals surface area (Å²) < 4.78 is 0.502. The molecule has 1 amide bonds. The van der Waals surface area contributed by atoms with E-state index in [9.17, 15) is 14.9 Å². The Hall–Kier alpha value is -1.70. The van der Waals surface area contributed by atoms with Crippen molar-refractivity contribution in [1.29, 1.82) is 0 Å².